The molecule has 1 aliphatic carbocycles. The Balaban J connectivity index is 2.01. The van der Waals surface area contributed by atoms with Crippen LogP contribution in [0.1, 0.15) is 31.2 Å². The summed E-state index contributed by atoms with van der Waals surface area (Å²) in [6.07, 6.45) is -3.26. The number of alkyl halides is 3. The molecule has 1 saturated carbocycles. The van der Waals surface area contributed by atoms with E-state index in [2.05, 4.69) is 15.9 Å². The first-order valence-corrected chi connectivity index (χ1v) is 7.60. The number of hydrogen-bond donors (Lipinski definition) is 0. The molecular weight excluding hydrogens is 352 g/mol. The molecule has 0 saturated heterocycles. The van der Waals surface area contributed by atoms with Crippen LogP contribution in [0.4, 0.5) is 17.6 Å². The summed E-state index contributed by atoms with van der Waals surface area (Å²) in [5.41, 5.74) is 0.613. The maximum atomic E-state index is 13.1. The summed E-state index contributed by atoms with van der Waals surface area (Å²) in [7, 11) is 0. The summed E-state index contributed by atoms with van der Waals surface area (Å²) in [6, 6.07) is 4.23. The molecule has 0 N–H and O–H groups in total. The van der Waals surface area contributed by atoms with Gasteiger partial charge in [0.2, 0.25) is 0 Å². The number of halogens is 5. The van der Waals surface area contributed by atoms with Crippen LogP contribution in [-0.2, 0) is 11.2 Å². The van der Waals surface area contributed by atoms with E-state index in [-0.39, 0.29) is 29.5 Å². The first-order chi connectivity index (χ1) is 9.77. The van der Waals surface area contributed by atoms with Crippen molar-refractivity contribution in [2.45, 2.75) is 38.3 Å². The SMILES string of the molecule is O=C(Cc1ccc(F)c(Br)c1)C1CCCC(C(F)(F)F)C1. The summed E-state index contributed by atoms with van der Waals surface area (Å²) < 4.78 is 51.6. The molecule has 116 valence electrons. The van der Waals surface area contributed by atoms with Gasteiger partial charge in [-0.2, -0.15) is 13.2 Å². The number of carbonyl (C=O) groups is 1. The van der Waals surface area contributed by atoms with Gasteiger partial charge in [-0.25, -0.2) is 4.39 Å². The lowest BCUT2D eigenvalue weighted by molar-refractivity contribution is -0.186. The molecule has 1 fully saturated rings. The number of carbonyl (C=O) groups excluding carboxylic acids is 1. The Morgan fingerprint density at radius 2 is 2.00 bits per heavy atom. The largest absolute Gasteiger partial charge is 0.391 e. The van der Waals surface area contributed by atoms with Crippen LogP contribution in [0.5, 0.6) is 0 Å². The van der Waals surface area contributed by atoms with Gasteiger partial charge in [0.15, 0.2) is 0 Å². The second-order valence-electron chi connectivity index (χ2n) is 5.49. The number of rotatable bonds is 3. The Hall–Kier alpha value is -0.910. The third-order valence-corrected chi connectivity index (χ3v) is 4.56. The van der Waals surface area contributed by atoms with Crippen molar-refractivity contribution in [3.05, 3.63) is 34.1 Å². The fraction of sp³-hybridized carbons (Fsp3) is 0.533. The van der Waals surface area contributed by atoms with Gasteiger partial charge in [0.25, 0.3) is 0 Å². The standard InChI is InChI=1S/C15H15BrF4O/c16-12-6-9(4-5-13(12)17)7-14(21)10-2-1-3-11(8-10)15(18,19)20/h4-6,10-11H,1-3,7-8H2. The second-order valence-corrected chi connectivity index (χ2v) is 6.35. The van der Waals surface area contributed by atoms with E-state index >= 15 is 0 Å². The minimum atomic E-state index is -4.22. The Bertz CT molecular complexity index is 527. The zero-order valence-electron chi connectivity index (χ0n) is 11.2. The number of Topliss-reactive ketones (excluding diaryl/α,β-unsaturated/α-hetero) is 1. The minimum absolute atomic E-state index is 0.0497. The maximum Gasteiger partial charge on any atom is 0.391 e. The van der Waals surface area contributed by atoms with E-state index in [1.807, 2.05) is 0 Å². The Kier molecular flexibility index (Phi) is 5.07. The smallest absolute Gasteiger partial charge is 0.299 e. The van der Waals surface area contributed by atoms with E-state index in [9.17, 15) is 22.4 Å². The van der Waals surface area contributed by atoms with E-state index in [4.69, 9.17) is 0 Å². The zero-order valence-corrected chi connectivity index (χ0v) is 12.8. The predicted molar refractivity (Wildman–Crippen MR) is 74.3 cm³/mol. The molecule has 2 unspecified atom stereocenters. The Morgan fingerprint density at radius 1 is 1.29 bits per heavy atom. The van der Waals surface area contributed by atoms with Crippen molar-refractivity contribution >= 4 is 21.7 Å². The summed E-state index contributed by atoms with van der Waals surface area (Å²) in [6.45, 7) is 0. The number of hydrogen-bond acceptors (Lipinski definition) is 1. The molecule has 2 rings (SSSR count). The van der Waals surface area contributed by atoms with Crippen LogP contribution in [0, 0.1) is 17.7 Å². The molecule has 1 aliphatic rings. The molecule has 6 heteroatoms. The fourth-order valence-corrected chi connectivity index (χ4v) is 3.20. The van der Waals surface area contributed by atoms with E-state index in [0.717, 1.165) is 0 Å². The van der Waals surface area contributed by atoms with Crippen LogP contribution in [0.15, 0.2) is 22.7 Å². The predicted octanol–water partition coefficient (Wildman–Crippen LogP) is 5.07. The highest BCUT2D eigenvalue weighted by Gasteiger charge is 2.43. The average molecular weight is 367 g/mol. The Labute approximate surface area is 128 Å². The van der Waals surface area contributed by atoms with Crippen molar-refractivity contribution < 1.29 is 22.4 Å². The third kappa shape index (κ3) is 4.28. The van der Waals surface area contributed by atoms with E-state index in [1.54, 1.807) is 0 Å². The molecule has 0 aromatic heterocycles. The minimum Gasteiger partial charge on any atom is -0.299 e. The van der Waals surface area contributed by atoms with Crippen LogP contribution >= 0.6 is 15.9 Å². The van der Waals surface area contributed by atoms with Gasteiger partial charge in [-0.15, -0.1) is 0 Å². The maximum absolute atomic E-state index is 13.1. The number of ketones is 1. The van der Waals surface area contributed by atoms with Gasteiger partial charge in [-0.05, 0) is 52.9 Å². The van der Waals surface area contributed by atoms with Crippen LogP contribution in [-0.4, -0.2) is 12.0 Å². The van der Waals surface area contributed by atoms with Crippen molar-refractivity contribution in [1.29, 1.82) is 0 Å². The molecule has 1 aromatic rings. The van der Waals surface area contributed by atoms with E-state index in [0.29, 0.717) is 18.4 Å². The summed E-state index contributed by atoms with van der Waals surface area (Å²) >= 11 is 3.03. The third-order valence-electron chi connectivity index (χ3n) is 3.95. The lowest BCUT2D eigenvalue weighted by Crippen LogP contribution is -2.32. The molecular formula is C15H15BrF4O. The Morgan fingerprint density at radius 3 is 2.62 bits per heavy atom. The van der Waals surface area contributed by atoms with Crippen molar-refractivity contribution in [1.82, 2.24) is 0 Å². The molecule has 21 heavy (non-hydrogen) atoms. The van der Waals surface area contributed by atoms with E-state index < -0.39 is 23.8 Å². The van der Waals surface area contributed by atoms with Gasteiger partial charge in [0.1, 0.15) is 11.6 Å². The quantitative estimate of drug-likeness (QED) is 0.682. The number of benzene rings is 1. The summed E-state index contributed by atoms with van der Waals surface area (Å²) in [4.78, 5) is 12.2. The summed E-state index contributed by atoms with van der Waals surface area (Å²) in [5, 5.41) is 0. The lowest BCUT2D eigenvalue weighted by Gasteiger charge is -2.29. The van der Waals surface area contributed by atoms with Crippen molar-refractivity contribution in [3.8, 4) is 0 Å². The van der Waals surface area contributed by atoms with E-state index in [1.165, 1.54) is 18.2 Å². The highest BCUT2D eigenvalue weighted by atomic mass is 79.9. The van der Waals surface area contributed by atoms with Gasteiger partial charge >= 0.3 is 6.18 Å². The molecule has 0 bridgehead atoms. The lowest BCUT2D eigenvalue weighted by atomic mass is 9.78. The molecule has 0 amide bonds. The molecule has 0 aliphatic heterocycles. The molecule has 1 aromatic carbocycles. The van der Waals surface area contributed by atoms with Crippen molar-refractivity contribution in [3.63, 3.8) is 0 Å². The zero-order chi connectivity index (χ0) is 15.6. The molecule has 2 atom stereocenters. The van der Waals surface area contributed by atoms with Crippen LogP contribution in [0.3, 0.4) is 0 Å². The monoisotopic (exact) mass is 366 g/mol. The molecule has 0 radical (unpaired) electrons. The molecule has 0 heterocycles. The molecule has 1 nitrogen and oxygen atoms in total. The first kappa shape index (κ1) is 16.5. The second kappa shape index (κ2) is 6.46. The van der Waals surface area contributed by atoms with Crippen LogP contribution < -0.4 is 0 Å². The molecule has 0 spiro atoms. The summed E-state index contributed by atoms with van der Waals surface area (Å²) in [5.74, 6) is -2.54. The fourth-order valence-electron chi connectivity index (χ4n) is 2.77. The van der Waals surface area contributed by atoms with Gasteiger partial charge in [0.05, 0.1) is 10.4 Å². The normalized spacial score (nSPS) is 23.1. The first-order valence-electron chi connectivity index (χ1n) is 6.80. The van der Waals surface area contributed by atoms with Crippen LogP contribution in [0.2, 0.25) is 0 Å². The van der Waals surface area contributed by atoms with Gasteiger partial charge in [-0.3, -0.25) is 4.79 Å². The highest BCUT2D eigenvalue weighted by Crippen LogP contribution is 2.40. The van der Waals surface area contributed by atoms with Gasteiger partial charge < -0.3 is 0 Å². The highest BCUT2D eigenvalue weighted by molar-refractivity contribution is 9.10. The van der Waals surface area contributed by atoms with Crippen LogP contribution in [0.25, 0.3) is 0 Å². The average Bonchev–Trinajstić information content (AvgIpc) is 2.42. The van der Waals surface area contributed by atoms with Crippen molar-refractivity contribution in [2.75, 3.05) is 0 Å². The van der Waals surface area contributed by atoms with Gasteiger partial charge in [-0.1, -0.05) is 12.5 Å². The topological polar surface area (TPSA) is 17.1 Å². The van der Waals surface area contributed by atoms with Gasteiger partial charge in [0, 0.05) is 12.3 Å². The van der Waals surface area contributed by atoms with Crippen molar-refractivity contribution in [2.24, 2.45) is 11.8 Å².